The SMILES string of the molecule is Nc1cc(I)c(I)c2ccccc12. The lowest BCUT2D eigenvalue weighted by molar-refractivity contribution is 1.63. The third-order valence-electron chi connectivity index (χ3n) is 1.97. The van der Waals surface area contributed by atoms with Crippen LogP contribution in [-0.2, 0) is 0 Å². The molecule has 0 aromatic heterocycles. The van der Waals surface area contributed by atoms with Crippen molar-refractivity contribution < 1.29 is 0 Å². The normalized spacial score (nSPS) is 10.6. The van der Waals surface area contributed by atoms with Crippen LogP contribution in [0.5, 0.6) is 0 Å². The first-order valence-electron chi connectivity index (χ1n) is 3.82. The predicted octanol–water partition coefficient (Wildman–Crippen LogP) is 3.63. The molecule has 66 valence electrons. The minimum Gasteiger partial charge on any atom is -0.398 e. The zero-order valence-electron chi connectivity index (χ0n) is 6.72. The van der Waals surface area contributed by atoms with Gasteiger partial charge in [-0.1, -0.05) is 24.3 Å². The Morgan fingerprint density at radius 1 is 1.00 bits per heavy atom. The molecule has 2 aromatic carbocycles. The Kier molecular flexibility index (Phi) is 2.64. The van der Waals surface area contributed by atoms with E-state index in [0.29, 0.717) is 0 Å². The highest BCUT2D eigenvalue weighted by atomic mass is 127. The molecule has 0 aliphatic rings. The maximum Gasteiger partial charge on any atom is 0.0405 e. The largest absolute Gasteiger partial charge is 0.398 e. The first kappa shape index (κ1) is 9.51. The van der Waals surface area contributed by atoms with Crippen molar-refractivity contribution in [3.8, 4) is 0 Å². The van der Waals surface area contributed by atoms with Crippen LogP contribution >= 0.6 is 45.2 Å². The third kappa shape index (κ3) is 1.63. The summed E-state index contributed by atoms with van der Waals surface area (Å²) in [5.74, 6) is 0. The number of benzene rings is 2. The zero-order chi connectivity index (χ0) is 9.42. The van der Waals surface area contributed by atoms with Crippen LogP contribution in [0.15, 0.2) is 30.3 Å². The summed E-state index contributed by atoms with van der Waals surface area (Å²) in [6, 6.07) is 10.2. The van der Waals surface area contributed by atoms with Gasteiger partial charge in [0.25, 0.3) is 0 Å². The molecule has 0 aliphatic heterocycles. The fourth-order valence-electron chi connectivity index (χ4n) is 1.33. The quantitative estimate of drug-likeness (QED) is 0.536. The second-order valence-corrected chi connectivity index (χ2v) is 5.05. The number of halogens is 2. The second-order valence-electron chi connectivity index (χ2n) is 2.81. The summed E-state index contributed by atoms with van der Waals surface area (Å²) in [6.07, 6.45) is 0. The highest BCUT2D eigenvalue weighted by Crippen LogP contribution is 2.29. The van der Waals surface area contributed by atoms with E-state index in [1.165, 1.54) is 12.5 Å². The molecule has 0 amide bonds. The number of nitrogen functional groups attached to an aromatic ring is 1. The van der Waals surface area contributed by atoms with Gasteiger partial charge >= 0.3 is 0 Å². The van der Waals surface area contributed by atoms with Crippen LogP contribution < -0.4 is 5.73 Å². The van der Waals surface area contributed by atoms with Crippen LogP contribution in [-0.4, -0.2) is 0 Å². The molecule has 0 bridgehead atoms. The molecular formula is C10H7I2N. The lowest BCUT2D eigenvalue weighted by Gasteiger charge is -2.05. The van der Waals surface area contributed by atoms with Crippen molar-refractivity contribution in [1.29, 1.82) is 0 Å². The highest BCUT2D eigenvalue weighted by Gasteiger charge is 2.04. The third-order valence-corrected chi connectivity index (χ3v) is 5.01. The van der Waals surface area contributed by atoms with Crippen LogP contribution in [0.3, 0.4) is 0 Å². The van der Waals surface area contributed by atoms with Gasteiger partial charge in [-0.05, 0) is 56.6 Å². The van der Waals surface area contributed by atoms with Crippen molar-refractivity contribution in [2.75, 3.05) is 5.73 Å². The van der Waals surface area contributed by atoms with E-state index >= 15 is 0 Å². The Morgan fingerprint density at radius 2 is 1.62 bits per heavy atom. The molecular weight excluding hydrogens is 388 g/mol. The fourth-order valence-corrected chi connectivity index (χ4v) is 2.58. The van der Waals surface area contributed by atoms with Gasteiger partial charge in [-0.25, -0.2) is 0 Å². The van der Waals surface area contributed by atoms with E-state index in [-0.39, 0.29) is 0 Å². The van der Waals surface area contributed by atoms with Crippen molar-refractivity contribution in [3.05, 3.63) is 37.5 Å². The molecule has 0 fully saturated rings. The minimum atomic E-state index is 0.861. The van der Waals surface area contributed by atoms with E-state index < -0.39 is 0 Å². The average Bonchev–Trinajstić information content (AvgIpc) is 2.15. The van der Waals surface area contributed by atoms with E-state index in [9.17, 15) is 0 Å². The number of anilines is 1. The summed E-state index contributed by atoms with van der Waals surface area (Å²) in [5, 5.41) is 2.39. The van der Waals surface area contributed by atoms with Gasteiger partial charge in [-0.2, -0.15) is 0 Å². The Bertz CT molecular complexity index is 466. The molecule has 2 rings (SSSR count). The molecule has 0 unspecified atom stereocenters. The van der Waals surface area contributed by atoms with E-state index in [1.807, 2.05) is 18.2 Å². The molecule has 13 heavy (non-hydrogen) atoms. The number of hydrogen-bond acceptors (Lipinski definition) is 1. The van der Waals surface area contributed by atoms with E-state index in [0.717, 1.165) is 11.1 Å². The highest BCUT2D eigenvalue weighted by molar-refractivity contribution is 14.1. The molecule has 2 aromatic rings. The number of nitrogens with two attached hydrogens (primary N) is 1. The number of rotatable bonds is 0. The molecule has 0 saturated carbocycles. The van der Waals surface area contributed by atoms with Crippen molar-refractivity contribution >= 4 is 61.6 Å². The minimum absolute atomic E-state index is 0.861. The fraction of sp³-hybridized carbons (Fsp3) is 0. The Labute approximate surface area is 104 Å². The van der Waals surface area contributed by atoms with Crippen LogP contribution in [0.2, 0.25) is 0 Å². The lowest BCUT2D eigenvalue weighted by atomic mass is 10.1. The van der Waals surface area contributed by atoms with Crippen molar-refractivity contribution in [3.63, 3.8) is 0 Å². The topological polar surface area (TPSA) is 26.0 Å². The molecule has 0 aliphatic carbocycles. The Hall–Kier alpha value is -0.0400. The summed E-state index contributed by atoms with van der Waals surface area (Å²) >= 11 is 4.67. The van der Waals surface area contributed by atoms with E-state index in [2.05, 4.69) is 57.3 Å². The van der Waals surface area contributed by atoms with Gasteiger partial charge in [0, 0.05) is 18.2 Å². The summed E-state index contributed by atoms with van der Waals surface area (Å²) in [5.41, 5.74) is 6.78. The van der Waals surface area contributed by atoms with Crippen LogP contribution in [0.4, 0.5) is 5.69 Å². The molecule has 2 N–H and O–H groups in total. The molecule has 0 radical (unpaired) electrons. The first-order chi connectivity index (χ1) is 6.20. The standard InChI is InChI=1S/C10H7I2N/c11-8-5-9(13)6-3-1-2-4-7(6)10(8)12/h1-5H,13H2. The molecule has 0 saturated heterocycles. The summed E-state index contributed by atoms with van der Waals surface area (Å²) < 4.78 is 2.50. The van der Waals surface area contributed by atoms with Gasteiger partial charge in [-0.3, -0.25) is 0 Å². The van der Waals surface area contributed by atoms with Gasteiger partial charge in [0.1, 0.15) is 0 Å². The molecule has 1 nitrogen and oxygen atoms in total. The lowest BCUT2D eigenvalue weighted by Crippen LogP contribution is -1.91. The molecule has 0 atom stereocenters. The summed E-state index contributed by atoms with van der Waals surface area (Å²) in [4.78, 5) is 0. The molecule has 0 heterocycles. The number of hydrogen-bond donors (Lipinski definition) is 1. The van der Waals surface area contributed by atoms with Gasteiger partial charge < -0.3 is 5.73 Å². The number of fused-ring (bicyclic) bond motifs is 1. The van der Waals surface area contributed by atoms with Crippen molar-refractivity contribution in [2.45, 2.75) is 0 Å². The smallest absolute Gasteiger partial charge is 0.0405 e. The first-order valence-corrected chi connectivity index (χ1v) is 5.98. The molecule has 3 heteroatoms. The molecule has 0 spiro atoms. The summed E-state index contributed by atoms with van der Waals surface area (Å²) in [6.45, 7) is 0. The van der Waals surface area contributed by atoms with E-state index in [4.69, 9.17) is 5.73 Å². The second kappa shape index (κ2) is 3.61. The zero-order valence-corrected chi connectivity index (χ0v) is 11.0. The van der Waals surface area contributed by atoms with Crippen LogP contribution in [0.1, 0.15) is 0 Å². The van der Waals surface area contributed by atoms with Gasteiger partial charge in [0.2, 0.25) is 0 Å². The maximum absolute atomic E-state index is 5.92. The Balaban J connectivity index is 2.97. The van der Waals surface area contributed by atoms with Crippen LogP contribution in [0.25, 0.3) is 10.8 Å². The Morgan fingerprint density at radius 3 is 2.31 bits per heavy atom. The van der Waals surface area contributed by atoms with Crippen molar-refractivity contribution in [2.24, 2.45) is 0 Å². The maximum atomic E-state index is 5.92. The average molecular weight is 395 g/mol. The van der Waals surface area contributed by atoms with E-state index in [1.54, 1.807) is 0 Å². The van der Waals surface area contributed by atoms with Crippen LogP contribution in [0, 0.1) is 7.14 Å². The monoisotopic (exact) mass is 395 g/mol. The van der Waals surface area contributed by atoms with Crippen molar-refractivity contribution in [1.82, 2.24) is 0 Å². The summed E-state index contributed by atoms with van der Waals surface area (Å²) in [7, 11) is 0. The van der Waals surface area contributed by atoms with Gasteiger partial charge in [-0.15, -0.1) is 0 Å². The predicted molar refractivity (Wildman–Crippen MR) is 73.8 cm³/mol. The van der Waals surface area contributed by atoms with Gasteiger partial charge in [0.15, 0.2) is 0 Å². The van der Waals surface area contributed by atoms with Gasteiger partial charge in [0.05, 0.1) is 0 Å².